The van der Waals surface area contributed by atoms with Gasteiger partial charge in [0.05, 0.1) is 0 Å². The lowest BCUT2D eigenvalue weighted by molar-refractivity contribution is -0.313. The van der Waals surface area contributed by atoms with Crippen LogP contribution in [0.2, 0.25) is 0 Å². The van der Waals surface area contributed by atoms with Crippen LogP contribution in [0.5, 0.6) is 0 Å². The van der Waals surface area contributed by atoms with Crippen molar-refractivity contribution >= 4 is 11.9 Å². The number of carbonyl (C=O) groups is 2. The molecule has 0 spiro atoms. The number of hydrogen-bond acceptors (Lipinski definition) is 4. The Morgan fingerprint density at radius 3 is 2.80 bits per heavy atom. The van der Waals surface area contributed by atoms with Gasteiger partial charge in [-0.2, -0.15) is 0 Å². The molecule has 0 aromatic carbocycles. The molecule has 1 amide bonds. The Kier molecular flexibility index (Phi) is 4.93. The van der Waals surface area contributed by atoms with E-state index in [2.05, 4.69) is 24.1 Å². The molecule has 0 radical (unpaired) electrons. The zero-order chi connectivity index (χ0) is 18.0. The Morgan fingerprint density at radius 1 is 1.32 bits per heavy atom. The molecule has 2 atom stereocenters. The predicted octanol–water partition coefficient (Wildman–Crippen LogP) is 1.98. The summed E-state index contributed by atoms with van der Waals surface area (Å²) >= 11 is 0. The van der Waals surface area contributed by atoms with Crippen molar-refractivity contribution < 1.29 is 14.7 Å². The third-order valence-corrected chi connectivity index (χ3v) is 5.73. The van der Waals surface area contributed by atoms with Gasteiger partial charge < -0.3 is 15.2 Å². The Hall–Kier alpha value is -2.17. The van der Waals surface area contributed by atoms with Gasteiger partial charge in [-0.1, -0.05) is 31.1 Å². The van der Waals surface area contributed by atoms with Crippen molar-refractivity contribution in [3.8, 4) is 0 Å². The molecule has 2 aliphatic rings. The number of carboxylic acid groups (broad SMARTS) is 1. The van der Waals surface area contributed by atoms with Crippen molar-refractivity contribution in [3.05, 3.63) is 41.2 Å². The average molecular weight is 341 g/mol. The second-order valence-corrected chi connectivity index (χ2v) is 7.84. The molecule has 0 aliphatic heterocycles. The minimum absolute atomic E-state index is 0.0262. The third-order valence-electron chi connectivity index (χ3n) is 5.73. The fourth-order valence-corrected chi connectivity index (χ4v) is 4.29. The van der Waals surface area contributed by atoms with E-state index in [4.69, 9.17) is 0 Å². The number of allylic oxidation sites excluding steroid dienone is 2. The molecule has 25 heavy (non-hydrogen) atoms. The number of hydrogen-bond donors (Lipinski definition) is 1. The highest BCUT2D eigenvalue weighted by Crippen LogP contribution is 2.49. The molecule has 0 saturated carbocycles. The minimum atomic E-state index is -1.12. The molecule has 3 rings (SSSR count). The summed E-state index contributed by atoms with van der Waals surface area (Å²) in [5.41, 5.74) is 3.45. The van der Waals surface area contributed by atoms with Crippen LogP contribution in [0.3, 0.4) is 0 Å². The Labute approximate surface area is 148 Å². The van der Waals surface area contributed by atoms with Crippen LogP contribution >= 0.6 is 0 Å². The number of aliphatic carboxylic acids is 1. The van der Waals surface area contributed by atoms with Gasteiger partial charge in [0.2, 0.25) is 5.91 Å². The van der Waals surface area contributed by atoms with Crippen LogP contribution in [0.4, 0.5) is 0 Å². The molecule has 2 aliphatic carbocycles. The maximum Gasteiger partial charge on any atom is 0.224 e. The van der Waals surface area contributed by atoms with Gasteiger partial charge in [0.15, 0.2) is 0 Å². The first-order valence-electron chi connectivity index (χ1n) is 8.97. The fraction of sp³-hybridized carbons (Fsp3) is 0.550. The molecule has 134 valence electrons. The van der Waals surface area contributed by atoms with Crippen molar-refractivity contribution in [3.63, 3.8) is 0 Å². The first-order valence-corrected chi connectivity index (χ1v) is 8.97. The van der Waals surface area contributed by atoms with Crippen LogP contribution in [0.25, 0.3) is 0 Å². The van der Waals surface area contributed by atoms with E-state index in [1.807, 2.05) is 12.1 Å². The van der Waals surface area contributed by atoms with Gasteiger partial charge in [0.1, 0.15) is 0 Å². The quantitative estimate of drug-likeness (QED) is 0.849. The van der Waals surface area contributed by atoms with Crippen molar-refractivity contribution in [1.82, 2.24) is 10.3 Å². The standard InChI is InChI=1S/C20H26N2O3/c1-20(2)7-3-6-14-9-15(16(19(24)25)10-17(14)20)18(23)22-12-13-5-4-8-21-11-13/h4-5,8,11,15-16H,3,6-7,9-10,12H2,1-2H3,(H,22,23)(H,24,25)/p-1/t15-,16-/m1/s1. The average Bonchev–Trinajstić information content (AvgIpc) is 2.59. The number of nitrogens with zero attached hydrogens (tertiary/aromatic N) is 1. The molecule has 0 saturated heterocycles. The van der Waals surface area contributed by atoms with Crippen molar-refractivity contribution in [2.24, 2.45) is 17.3 Å². The maximum absolute atomic E-state index is 12.7. The van der Waals surface area contributed by atoms with E-state index in [0.717, 1.165) is 24.8 Å². The molecule has 0 bridgehead atoms. The topological polar surface area (TPSA) is 82.1 Å². The predicted molar refractivity (Wildman–Crippen MR) is 92.0 cm³/mol. The number of nitrogens with one attached hydrogen (secondary N) is 1. The molecule has 1 aromatic rings. The highest BCUT2D eigenvalue weighted by molar-refractivity contribution is 5.85. The Bertz CT molecular complexity index is 694. The van der Waals surface area contributed by atoms with Crippen LogP contribution < -0.4 is 10.4 Å². The van der Waals surface area contributed by atoms with Crippen molar-refractivity contribution in [1.29, 1.82) is 0 Å². The lowest BCUT2D eigenvalue weighted by atomic mass is 9.63. The SMILES string of the molecule is CC1(C)CCCC2=C1C[C@@H](C(=O)[O-])[C@H](C(=O)NCc1cccnc1)C2. The zero-order valence-electron chi connectivity index (χ0n) is 14.9. The number of amides is 1. The molecule has 1 N–H and O–H groups in total. The van der Waals surface area contributed by atoms with Gasteiger partial charge in [-0.3, -0.25) is 9.78 Å². The van der Waals surface area contributed by atoms with E-state index >= 15 is 0 Å². The largest absolute Gasteiger partial charge is 0.550 e. The summed E-state index contributed by atoms with van der Waals surface area (Å²) in [6.07, 6.45) is 7.51. The summed E-state index contributed by atoms with van der Waals surface area (Å²) < 4.78 is 0. The minimum Gasteiger partial charge on any atom is -0.550 e. The van der Waals surface area contributed by atoms with Crippen LogP contribution in [-0.2, 0) is 16.1 Å². The van der Waals surface area contributed by atoms with E-state index in [0.29, 0.717) is 19.4 Å². The van der Waals surface area contributed by atoms with E-state index in [-0.39, 0.29) is 11.3 Å². The van der Waals surface area contributed by atoms with E-state index in [1.54, 1.807) is 12.4 Å². The summed E-state index contributed by atoms with van der Waals surface area (Å²) in [4.78, 5) is 28.4. The summed E-state index contributed by atoms with van der Waals surface area (Å²) in [6, 6.07) is 3.70. The monoisotopic (exact) mass is 341 g/mol. The van der Waals surface area contributed by atoms with E-state index in [1.165, 1.54) is 11.1 Å². The molecule has 5 nitrogen and oxygen atoms in total. The van der Waals surface area contributed by atoms with Crippen LogP contribution in [0.15, 0.2) is 35.7 Å². The maximum atomic E-state index is 12.7. The van der Waals surface area contributed by atoms with Crippen molar-refractivity contribution in [2.45, 2.75) is 52.5 Å². The van der Waals surface area contributed by atoms with Gasteiger partial charge in [-0.15, -0.1) is 0 Å². The second kappa shape index (κ2) is 6.98. The summed E-state index contributed by atoms with van der Waals surface area (Å²) in [5, 5.41) is 14.6. The van der Waals surface area contributed by atoms with Gasteiger partial charge >= 0.3 is 0 Å². The van der Waals surface area contributed by atoms with E-state index in [9.17, 15) is 14.7 Å². The molecule has 0 fully saturated rings. The molecular weight excluding hydrogens is 316 g/mol. The first-order chi connectivity index (χ1) is 11.9. The molecule has 1 heterocycles. The number of rotatable bonds is 4. The summed E-state index contributed by atoms with van der Waals surface area (Å²) in [7, 11) is 0. The number of aromatic nitrogens is 1. The molecular formula is C20H25N2O3-. The highest BCUT2D eigenvalue weighted by atomic mass is 16.4. The van der Waals surface area contributed by atoms with Gasteiger partial charge in [-0.25, -0.2) is 0 Å². The highest BCUT2D eigenvalue weighted by Gasteiger charge is 2.41. The van der Waals surface area contributed by atoms with Crippen LogP contribution in [-0.4, -0.2) is 16.9 Å². The zero-order valence-corrected chi connectivity index (χ0v) is 14.9. The van der Waals surface area contributed by atoms with Crippen molar-refractivity contribution in [2.75, 3.05) is 0 Å². The van der Waals surface area contributed by atoms with Gasteiger partial charge in [0.25, 0.3) is 0 Å². The summed E-state index contributed by atoms with van der Waals surface area (Å²) in [6.45, 7) is 4.72. The van der Waals surface area contributed by atoms with Gasteiger partial charge in [0, 0.05) is 36.7 Å². The number of carbonyl (C=O) groups excluding carboxylic acids is 2. The number of pyridine rings is 1. The first kappa shape index (κ1) is 17.6. The van der Waals surface area contributed by atoms with Crippen LogP contribution in [0.1, 0.15) is 51.5 Å². The van der Waals surface area contributed by atoms with E-state index < -0.39 is 17.8 Å². The fourth-order valence-electron chi connectivity index (χ4n) is 4.29. The smallest absolute Gasteiger partial charge is 0.224 e. The Morgan fingerprint density at radius 2 is 2.12 bits per heavy atom. The van der Waals surface area contributed by atoms with Gasteiger partial charge in [-0.05, 0) is 49.1 Å². The van der Waals surface area contributed by atoms with Crippen LogP contribution in [0, 0.1) is 17.3 Å². The normalized spacial score (nSPS) is 25.2. The lowest BCUT2D eigenvalue weighted by Crippen LogP contribution is -2.46. The number of carboxylic acids is 1. The molecule has 1 aromatic heterocycles. The summed E-state index contributed by atoms with van der Waals surface area (Å²) in [5.74, 6) is -2.61. The molecule has 5 heteroatoms. The molecule has 0 unspecified atom stereocenters. The third kappa shape index (κ3) is 3.75. The lowest BCUT2D eigenvalue weighted by Gasteiger charge is -2.43. The Balaban J connectivity index is 1.76. The second-order valence-electron chi connectivity index (χ2n) is 7.84.